The maximum absolute atomic E-state index is 12.3. The molecule has 1 heterocycles. The first-order valence-electron chi connectivity index (χ1n) is 8.83. The van der Waals surface area contributed by atoms with Gasteiger partial charge < -0.3 is 15.8 Å². The van der Waals surface area contributed by atoms with Gasteiger partial charge in [-0.2, -0.15) is 0 Å². The smallest absolute Gasteiger partial charge is 0.262 e. The van der Waals surface area contributed by atoms with Crippen molar-refractivity contribution in [2.24, 2.45) is 11.7 Å². The molecule has 3 rings (SSSR count). The Morgan fingerprint density at radius 1 is 1.33 bits per heavy atom. The molecule has 1 aromatic carbocycles. The summed E-state index contributed by atoms with van der Waals surface area (Å²) in [6.07, 6.45) is 2.70. The molecule has 1 aliphatic carbocycles. The maximum atomic E-state index is 12.3. The number of benzene rings is 1. The van der Waals surface area contributed by atoms with E-state index in [1.807, 2.05) is 0 Å². The van der Waals surface area contributed by atoms with Gasteiger partial charge in [-0.1, -0.05) is 19.1 Å². The normalized spacial score (nSPS) is 15.7. The van der Waals surface area contributed by atoms with Gasteiger partial charge in [-0.05, 0) is 49.8 Å². The van der Waals surface area contributed by atoms with Crippen molar-refractivity contribution < 1.29 is 19.1 Å². The lowest BCUT2D eigenvalue weighted by atomic mass is 9.88. The number of amides is 2. The van der Waals surface area contributed by atoms with Crippen LogP contribution in [0, 0.1) is 5.92 Å². The molecule has 0 spiro atoms. The second-order valence-electron chi connectivity index (χ2n) is 6.84. The highest BCUT2D eigenvalue weighted by atomic mass is 32.1. The minimum Gasteiger partial charge on any atom is -0.484 e. The predicted octanol–water partition coefficient (Wildman–Crippen LogP) is 3.19. The summed E-state index contributed by atoms with van der Waals surface area (Å²) in [5.74, 6) is 0.0174. The Morgan fingerprint density at radius 3 is 2.81 bits per heavy atom. The summed E-state index contributed by atoms with van der Waals surface area (Å²) in [5, 5.41) is 3.25. The number of anilines is 1. The quantitative estimate of drug-likeness (QED) is 0.745. The molecule has 7 heteroatoms. The van der Waals surface area contributed by atoms with Crippen LogP contribution in [0.1, 0.15) is 51.4 Å². The van der Waals surface area contributed by atoms with E-state index in [0.29, 0.717) is 27.8 Å². The van der Waals surface area contributed by atoms with Crippen molar-refractivity contribution >= 4 is 33.9 Å². The molecule has 1 atom stereocenters. The lowest BCUT2D eigenvalue weighted by Gasteiger charge is -2.18. The second kappa shape index (κ2) is 7.92. The SMILES string of the molecule is CC(=O)c1cccc(OCC(=O)Nc2sc3c(c2C(N)=O)CC[C@H](C)C3)c1. The molecule has 0 radical (unpaired) electrons. The molecule has 2 aromatic rings. The van der Waals surface area contributed by atoms with E-state index >= 15 is 0 Å². The number of fused-ring (bicyclic) bond motifs is 1. The molecule has 0 saturated heterocycles. The zero-order valence-electron chi connectivity index (χ0n) is 15.3. The standard InChI is InChI=1S/C20H22N2O4S/c1-11-6-7-15-16(8-11)27-20(18(15)19(21)25)22-17(24)10-26-14-5-3-4-13(9-14)12(2)23/h3-5,9,11H,6-8,10H2,1-2H3,(H2,21,25)(H,22,24)/t11-/m0/s1. The molecule has 27 heavy (non-hydrogen) atoms. The van der Waals surface area contributed by atoms with E-state index in [-0.39, 0.29) is 18.3 Å². The minimum absolute atomic E-state index is 0.0746. The molecule has 3 N–H and O–H groups in total. The fourth-order valence-electron chi connectivity index (χ4n) is 3.22. The van der Waals surface area contributed by atoms with Crippen LogP contribution in [0.15, 0.2) is 24.3 Å². The minimum atomic E-state index is -0.521. The van der Waals surface area contributed by atoms with Gasteiger partial charge in [0.15, 0.2) is 12.4 Å². The van der Waals surface area contributed by atoms with Gasteiger partial charge in [0, 0.05) is 10.4 Å². The molecule has 0 aliphatic heterocycles. The molecule has 1 aromatic heterocycles. The van der Waals surface area contributed by atoms with Gasteiger partial charge in [-0.15, -0.1) is 11.3 Å². The van der Waals surface area contributed by atoms with Gasteiger partial charge in [0.1, 0.15) is 10.8 Å². The fourth-order valence-corrected chi connectivity index (χ4v) is 4.65. The number of primary amides is 1. The Balaban J connectivity index is 1.70. The molecule has 0 bridgehead atoms. The van der Waals surface area contributed by atoms with Gasteiger partial charge in [-0.3, -0.25) is 14.4 Å². The number of rotatable bonds is 6. The average Bonchev–Trinajstić information content (AvgIpc) is 2.97. The summed E-state index contributed by atoms with van der Waals surface area (Å²) in [7, 11) is 0. The number of hydrogen-bond acceptors (Lipinski definition) is 5. The van der Waals surface area contributed by atoms with Crippen molar-refractivity contribution in [3.63, 3.8) is 0 Å². The first kappa shape index (κ1) is 19.1. The van der Waals surface area contributed by atoms with Crippen molar-refractivity contribution in [1.82, 2.24) is 0 Å². The van der Waals surface area contributed by atoms with E-state index in [1.54, 1.807) is 24.3 Å². The summed E-state index contributed by atoms with van der Waals surface area (Å²) in [5.41, 5.74) is 7.47. The van der Waals surface area contributed by atoms with Crippen molar-refractivity contribution in [2.45, 2.75) is 33.1 Å². The Hall–Kier alpha value is -2.67. The monoisotopic (exact) mass is 386 g/mol. The van der Waals surface area contributed by atoms with Crippen molar-refractivity contribution in [3.05, 3.63) is 45.8 Å². The number of ether oxygens (including phenoxy) is 1. The third-order valence-corrected chi connectivity index (χ3v) is 5.79. The molecule has 0 fully saturated rings. The molecule has 1 aliphatic rings. The van der Waals surface area contributed by atoms with Crippen LogP contribution < -0.4 is 15.8 Å². The Kier molecular flexibility index (Phi) is 5.60. The lowest BCUT2D eigenvalue weighted by Crippen LogP contribution is -2.22. The second-order valence-corrected chi connectivity index (χ2v) is 7.95. The summed E-state index contributed by atoms with van der Waals surface area (Å²) in [6.45, 7) is 3.42. The van der Waals surface area contributed by atoms with Crippen LogP contribution in [-0.4, -0.2) is 24.2 Å². The number of carbonyl (C=O) groups excluding carboxylic acids is 3. The molecule has 142 valence electrons. The van der Waals surface area contributed by atoms with Gasteiger partial charge in [0.2, 0.25) is 0 Å². The van der Waals surface area contributed by atoms with E-state index in [4.69, 9.17) is 10.5 Å². The van der Waals surface area contributed by atoms with Gasteiger partial charge in [-0.25, -0.2) is 0 Å². The topological polar surface area (TPSA) is 98.5 Å². The number of nitrogens with one attached hydrogen (secondary N) is 1. The molecule has 6 nitrogen and oxygen atoms in total. The third kappa shape index (κ3) is 4.36. The number of thiophene rings is 1. The van der Waals surface area contributed by atoms with E-state index in [1.165, 1.54) is 18.3 Å². The van der Waals surface area contributed by atoms with Crippen LogP contribution in [0.25, 0.3) is 0 Å². The van der Waals surface area contributed by atoms with Crippen LogP contribution in [0.5, 0.6) is 5.75 Å². The Bertz CT molecular complexity index is 903. The van der Waals surface area contributed by atoms with Crippen LogP contribution in [-0.2, 0) is 17.6 Å². The highest BCUT2D eigenvalue weighted by molar-refractivity contribution is 7.17. The van der Waals surface area contributed by atoms with Crippen LogP contribution >= 0.6 is 11.3 Å². The highest BCUT2D eigenvalue weighted by Crippen LogP contribution is 2.39. The summed E-state index contributed by atoms with van der Waals surface area (Å²) in [4.78, 5) is 36.8. The van der Waals surface area contributed by atoms with Crippen molar-refractivity contribution in [2.75, 3.05) is 11.9 Å². The highest BCUT2D eigenvalue weighted by Gasteiger charge is 2.27. The van der Waals surface area contributed by atoms with Crippen molar-refractivity contribution in [1.29, 1.82) is 0 Å². The van der Waals surface area contributed by atoms with E-state index in [2.05, 4.69) is 12.2 Å². The number of hydrogen-bond donors (Lipinski definition) is 2. The predicted molar refractivity (Wildman–Crippen MR) is 105 cm³/mol. The van der Waals surface area contributed by atoms with E-state index in [9.17, 15) is 14.4 Å². The molecule has 0 unspecified atom stereocenters. The largest absolute Gasteiger partial charge is 0.484 e. The third-order valence-electron chi connectivity index (χ3n) is 4.62. The number of Topliss-reactive ketones (excluding diaryl/α,β-unsaturated/α-hetero) is 1. The number of ketones is 1. The lowest BCUT2D eigenvalue weighted by molar-refractivity contribution is -0.118. The average molecular weight is 386 g/mol. The fraction of sp³-hybridized carbons (Fsp3) is 0.350. The molecule has 0 saturated carbocycles. The van der Waals surface area contributed by atoms with Crippen LogP contribution in [0.4, 0.5) is 5.00 Å². The molecule has 2 amide bonds. The summed E-state index contributed by atoms with van der Waals surface area (Å²) in [6, 6.07) is 6.66. The maximum Gasteiger partial charge on any atom is 0.262 e. The van der Waals surface area contributed by atoms with E-state index in [0.717, 1.165) is 29.7 Å². The Morgan fingerprint density at radius 2 is 2.11 bits per heavy atom. The Labute approximate surface area is 161 Å². The summed E-state index contributed by atoms with van der Waals surface area (Å²) >= 11 is 1.42. The van der Waals surface area contributed by atoms with Crippen LogP contribution in [0.2, 0.25) is 0 Å². The zero-order chi connectivity index (χ0) is 19.6. The number of nitrogens with two attached hydrogens (primary N) is 1. The molecular weight excluding hydrogens is 364 g/mol. The number of carbonyl (C=O) groups is 3. The first-order valence-corrected chi connectivity index (χ1v) is 9.64. The van der Waals surface area contributed by atoms with Gasteiger partial charge >= 0.3 is 0 Å². The van der Waals surface area contributed by atoms with E-state index < -0.39 is 5.91 Å². The van der Waals surface area contributed by atoms with Crippen LogP contribution in [0.3, 0.4) is 0 Å². The first-order chi connectivity index (χ1) is 12.8. The summed E-state index contributed by atoms with van der Waals surface area (Å²) < 4.78 is 5.47. The molecular formula is C20H22N2O4S. The van der Waals surface area contributed by atoms with Gasteiger partial charge in [0.05, 0.1) is 5.56 Å². The van der Waals surface area contributed by atoms with Gasteiger partial charge in [0.25, 0.3) is 11.8 Å². The zero-order valence-corrected chi connectivity index (χ0v) is 16.2. The van der Waals surface area contributed by atoms with Crippen molar-refractivity contribution in [3.8, 4) is 5.75 Å².